The van der Waals surface area contributed by atoms with E-state index in [1.54, 1.807) is 11.3 Å². The van der Waals surface area contributed by atoms with E-state index in [-0.39, 0.29) is 11.9 Å². The largest absolute Gasteiger partial charge is 0.339 e. The fraction of sp³-hybridized carbons (Fsp3) is 0.300. The number of thiazole rings is 1. The van der Waals surface area contributed by atoms with Crippen molar-refractivity contribution < 1.29 is 4.79 Å². The first-order chi connectivity index (χ1) is 11.7. The molecule has 122 valence electrons. The fourth-order valence-corrected chi connectivity index (χ4v) is 4.49. The van der Waals surface area contributed by atoms with Gasteiger partial charge < -0.3 is 4.90 Å². The Kier molecular flexibility index (Phi) is 4.07. The Bertz CT molecular complexity index is 853. The average molecular weight is 336 g/mol. The lowest BCUT2D eigenvalue weighted by Crippen LogP contribution is -2.30. The molecule has 24 heavy (non-hydrogen) atoms. The Morgan fingerprint density at radius 1 is 1.21 bits per heavy atom. The lowest BCUT2D eigenvalue weighted by atomic mass is 10.1. The van der Waals surface area contributed by atoms with Crippen LogP contribution in [0.2, 0.25) is 0 Å². The maximum atomic E-state index is 12.6. The summed E-state index contributed by atoms with van der Waals surface area (Å²) >= 11 is 1.69. The van der Waals surface area contributed by atoms with Gasteiger partial charge in [-0.2, -0.15) is 0 Å². The highest BCUT2D eigenvalue weighted by Gasteiger charge is 2.28. The van der Waals surface area contributed by atoms with Crippen LogP contribution < -0.4 is 0 Å². The van der Waals surface area contributed by atoms with E-state index in [0.29, 0.717) is 6.42 Å². The Morgan fingerprint density at radius 2 is 2.00 bits per heavy atom. The van der Waals surface area contributed by atoms with Gasteiger partial charge in [-0.15, -0.1) is 11.3 Å². The highest BCUT2D eigenvalue weighted by atomic mass is 32.1. The molecule has 3 aromatic rings. The standard InChI is InChI=1S/C20H20N2OS/c1-22(17-11-10-14-6-2-3-7-15(14)17)20(23)13-12-19-21-16-8-4-5-9-18(16)24-19/h2-9,17H,10-13H2,1H3/t17-/m1/s1. The van der Waals surface area contributed by atoms with Crippen LogP contribution in [0.25, 0.3) is 10.2 Å². The molecule has 4 rings (SSSR count). The molecule has 0 spiro atoms. The summed E-state index contributed by atoms with van der Waals surface area (Å²) in [7, 11) is 1.94. The first-order valence-corrected chi connectivity index (χ1v) is 9.22. The number of rotatable bonds is 4. The molecular formula is C20H20N2OS. The Balaban J connectivity index is 1.43. The highest BCUT2D eigenvalue weighted by Crippen LogP contribution is 2.35. The Morgan fingerprint density at radius 3 is 2.88 bits per heavy atom. The van der Waals surface area contributed by atoms with Gasteiger partial charge in [-0.05, 0) is 36.1 Å². The molecule has 1 heterocycles. The van der Waals surface area contributed by atoms with E-state index < -0.39 is 0 Å². The van der Waals surface area contributed by atoms with Crippen LogP contribution in [0.4, 0.5) is 0 Å². The third kappa shape index (κ3) is 2.82. The van der Waals surface area contributed by atoms with Crippen LogP contribution in [-0.4, -0.2) is 22.8 Å². The van der Waals surface area contributed by atoms with Crippen LogP contribution in [-0.2, 0) is 17.6 Å². The number of aromatic nitrogens is 1. The monoisotopic (exact) mass is 336 g/mol. The van der Waals surface area contributed by atoms with Gasteiger partial charge in [0, 0.05) is 19.9 Å². The summed E-state index contributed by atoms with van der Waals surface area (Å²) in [6.45, 7) is 0. The second-order valence-corrected chi connectivity index (χ2v) is 7.45. The van der Waals surface area contributed by atoms with Crippen LogP contribution in [0.5, 0.6) is 0 Å². The first kappa shape index (κ1) is 15.3. The normalized spacial score (nSPS) is 16.3. The smallest absolute Gasteiger partial charge is 0.223 e. The predicted molar refractivity (Wildman–Crippen MR) is 98.2 cm³/mol. The van der Waals surface area contributed by atoms with Crippen LogP contribution >= 0.6 is 11.3 Å². The lowest BCUT2D eigenvalue weighted by molar-refractivity contribution is -0.132. The molecule has 0 saturated heterocycles. The molecule has 0 bridgehead atoms. The predicted octanol–water partition coefficient (Wildman–Crippen LogP) is 4.37. The number of nitrogens with zero attached hydrogens (tertiary/aromatic N) is 2. The number of fused-ring (bicyclic) bond motifs is 2. The topological polar surface area (TPSA) is 33.2 Å². The molecule has 0 saturated carbocycles. The van der Waals surface area contributed by atoms with Gasteiger partial charge in [0.1, 0.15) is 0 Å². The molecule has 2 aromatic carbocycles. The van der Waals surface area contributed by atoms with Crippen molar-refractivity contribution in [1.82, 2.24) is 9.88 Å². The highest BCUT2D eigenvalue weighted by molar-refractivity contribution is 7.18. The number of amides is 1. The quantitative estimate of drug-likeness (QED) is 0.708. The Hall–Kier alpha value is -2.20. The van der Waals surface area contributed by atoms with Crippen LogP contribution in [0.15, 0.2) is 48.5 Å². The third-order valence-electron chi connectivity index (χ3n) is 4.85. The first-order valence-electron chi connectivity index (χ1n) is 8.40. The SMILES string of the molecule is CN(C(=O)CCc1nc2ccccc2s1)[C@@H]1CCc2ccccc21. The molecule has 0 unspecified atom stereocenters. The minimum absolute atomic E-state index is 0.205. The molecular weight excluding hydrogens is 316 g/mol. The van der Waals surface area contributed by atoms with Crippen LogP contribution in [0, 0.1) is 0 Å². The molecule has 1 atom stereocenters. The number of carbonyl (C=O) groups excluding carboxylic acids is 1. The number of carbonyl (C=O) groups is 1. The van der Waals surface area contributed by atoms with Gasteiger partial charge in [-0.25, -0.2) is 4.98 Å². The van der Waals surface area contributed by atoms with Crippen molar-refractivity contribution in [3.63, 3.8) is 0 Å². The maximum absolute atomic E-state index is 12.6. The zero-order chi connectivity index (χ0) is 16.5. The minimum Gasteiger partial charge on any atom is -0.339 e. The van der Waals surface area contributed by atoms with Gasteiger partial charge in [0.2, 0.25) is 5.91 Å². The molecule has 0 aliphatic heterocycles. The summed E-state index contributed by atoms with van der Waals surface area (Å²) in [5.74, 6) is 0.205. The second kappa shape index (κ2) is 6.36. The van der Waals surface area contributed by atoms with Crippen molar-refractivity contribution >= 4 is 27.5 Å². The van der Waals surface area contributed by atoms with E-state index in [4.69, 9.17) is 0 Å². The van der Waals surface area contributed by atoms with E-state index in [2.05, 4.69) is 35.3 Å². The average Bonchev–Trinajstić information content (AvgIpc) is 3.22. The molecule has 0 fully saturated rings. The van der Waals surface area contributed by atoms with Gasteiger partial charge in [0.05, 0.1) is 21.3 Å². The van der Waals surface area contributed by atoms with Gasteiger partial charge in [-0.1, -0.05) is 36.4 Å². The molecule has 0 N–H and O–H groups in total. The van der Waals surface area contributed by atoms with Crippen molar-refractivity contribution in [1.29, 1.82) is 0 Å². The number of aryl methyl sites for hydroxylation is 2. The van der Waals surface area contributed by atoms with E-state index >= 15 is 0 Å². The van der Waals surface area contributed by atoms with E-state index in [1.165, 1.54) is 15.8 Å². The number of hydrogen-bond donors (Lipinski definition) is 0. The van der Waals surface area contributed by atoms with Crippen molar-refractivity contribution in [3.8, 4) is 0 Å². The Labute approximate surface area is 146 Å². The number of benzene rings is 2. The summed E-state index contributed by atoms with van der Waals surface area (Å²) < 4.78 is 1.19. The van der Waals surface area contributed by atoms with E-state index in [0.717, 1.165) is 29.8 Å². The zero-order valence-corrected chi connectivity index (χ0v) is 14.6. The summed E-state index contributed by atoms with van der Waals surface area (Å²) in [4.78, 5) is 19.2. The van der Waals surface area contributed by atoms with Crippen molar-refractivity contribution in [3.05, 3.63) is 64.7 Å². The summed E-state index contributed by atoms with van der Waals surface area (Å²) in [6, 6.07) is 16.8. The van der Waals surface area contributed by atoms with Crippen LogP contribution in [0.1, 0.15) is 35.0 Å². The minimum atomic E-state index is 0.205. The molecule has 1 aliphatic carbocycles. The third-order valence-corrected chi connectivity index (χ3v) is 5.95. The van der Waals surface area contributed by atoms with Crippen molar-refractivity contribution in [2.45, 2.75) is 31.7 Å². The number of hydrogen-bond acceptors (Lipinski definition) is 3. The summed E-state index contributed by atoms with van der Waals surface area (Å²) in [6.07, 6.45) is 3.34. The molecule has 3 nitrogen and oxygen atoms in total. The van der Waals surface area contributed by atoms with Gasteiger partial charge in [-0.3, -0.25) is 4.79 Å². The van der Waals surface area contributed by atoms with E-state index in [9.17, 15) is 4.79 Å². The summed E-state index contributed by atoms with van der Waals surface area (Å²) in [5.41, 5.74) is 3.73. The fourth-order valence-electron chi connectivity index (χ4n) is 3.53. The lowest BCUT2D eigenvalue weighted by Gasteiger charge is -2.25. The van der Waals surface area contributed by atoms with Gasteiger partial charge in [0.25, 0.3) is 0 Å². The molecule has 0 radical (unpaired) electrons. The maximum Gasteiger partial charge on any atom is 0.223 e. The van der Waals surface area contributed by atoms with Gasteiger partial charge >= 0.3 is 0 Å². The van der Waals surface area contributed by atoms with Crippen molar-refractivity contribution in [2.24, 2.45) is 0 Å². The second-order valence-electron chi connectivity index (χ2n) is 6.33. The van der Waals surface area contributed by atoms with Crippen LogP contribution in [0.3, 0.4) is 0 Å². The van der Waals surface area contributed by atoms with Gasteiger partial charge in [0.15, 0.2) is 0 Å². The molecule has 4 heteroatoms. The summed E-state index contributed by atoms with van der Waals surface area (Å²) in [5, 5.41) is 1.05. The van der Waals surface area contributed by atoms with Crippen molar-refractivity contribution in [2.75, 3.05) is 7.05 Å². The molecule has 1 amide bonds. The zero-order valence-electron chi connectivity index (χ0n) is 13.7. The molecule has 1 aliphatic rings. The van der Waals surface area contributed by atoms with E-state index in [1.807, 2.05) is 30.1 Å². The molecule has 1 aromatic heterocycles. The number of para-hydroxylation sites is 1.